The van der Waals surface area contributed by atoms with Crippen molar-refractivity contribution < 1.29 is 9.53 Å². The fourth-order valence-electron chi connectivity index (χ4n) is 4.19. The van der Waals surface area contributed by atoms with E-state index in [1.165, 1.54) is 28.9 Å². The molecular formula is C25H19NO2. The zero-order chi connectivity index (χ0) is 19.3. The minimum Gasteiger partial charge on any atom is -0.465 e. The van der Waals surface area contributed by atoms with Crippen molar-refractivity contribution in [3.05, 3.63) is 84.4 Å². The highest BCUT2D eigenvalue weighted by Gasteiger charge is 2.18. The first-order valence-electron chi connectivity index (χ1n) is 9.26. The Hall–Kier alpha value is -3.59. The molecule has 0 atom stereocenters. The smallest absolute Gasteiger partial charge is 0.338 e. The van der Waals surface area contributed by atoms with E-state index in [-0.39, 0.29) is 5.97 Å². The van der Waals surface area contributed by atoms with Crippen molar-refractivity contribution in [2.24, 2.45) is 7.05 Å². The lowest BCUT2D eigenvalue weighted by atomic mass is 9.92. The second kappa shape index (κ2) is 6.24. The van der Waals surface area contributed by atoms with Crippen molar-refractivity contribution in [2.75, 3.05) is 7.11 Å². The highest BCUT2D eigenvalue weighted by Crippen LogP contribution is 2.36. The van der Waals surface area contributed by atoms with Gasteiger partial charge in [-0.25, -0.2) is 4.79 Å². The van der Waals surface area contributed by atoms with Gasteiger partial charge in [-0.05, 0) is 40.6 Å². The van der Waals surface area contributed by atoms with Gasteiger partial charge in [-0.15, -0.1) is 0 Å². The minimum absolute atomic E-state index is 0.321. The number of aromatic nitrogens is 1. The number of ether oxygens (including phenoxy) is 1. The summed E-state index contributed by atoms with van der Waals surface area (Å²) in [6.45, 7) is 0. The number of methoxy groups -OCH3 is 1. The van der Waals surface area contributed by atoms with Crippen LogP contribution in [-0.2, 0) is 11.8 Å². The molecule has 0 aliphatic heterocycles. The number of rotatable bonds is 2. The van der Waals surface area contributed by atoms with Gasteiger partial charge in [-0.1, -0.05) is 54.6 Å². The first-order valence-corrected chi connectivity index (χ1v) is 9.26. The third kappa shape index (κ3) is 2.33. The molecule has 0 radical (unpaired) electrons. The van der Waals surface area contributed by atoms with Gasteiger partial charge in [0.1, 0.15) is 0 Å². The second-order valence-electron chi connectivity index (χ2n) is 7.01. The van der Waals surface area contributed by atoms with Crippen LogP contribution in [0.3, 0.4) is 0 Å². The summed E-state index contributed by atoms with van der Waals surface area (Å²) < 4.78 is 7.27. The van der Waals surface area contributed by atoms with Gasteiger partial charge >= 0.3 is 5.97 Å². The maximum atomic E-state index is 12.5. The Morgan fingerprint density at radius 1 is 0.786 bits per heavy atom. The summed E-state index contributed by atoms with van der Waals surface area (Å²) in [7, 11) is 3.51. The van der Waals surface area contributed by atoms with Gasteiger partial charge in [-0.3, -0.25) is 0 Å². The molecule has 4 aromatic carbocycles. The Morgan fingerprint density at radius 2 is 1.50 bits per heavy atom. The number of esters is 1. The molecule has 0 amide bonds. The monoisotopic (exact) mass is 365 g/mol. The van der Waals surface area contributed by atoms with Crippen LogP contribution < -0.4 is 0 Å². The predicted molar refractivity (Wildman–Crippen MR) is 115 cm³/mol. The van der Waals surface area contributed by atoms with Crippen molar-refractivity contribution in [2.45, 2.75) is 0 Å². The molecular weight excluding hydrogens is 346 g/mol. The van der Waals surface area contributed by atoms with E-state index in [0.29, 0.717) is 5.56 Å². The van der Waals surface area contributed by atoms with Crippen LogP contribution in [0.1, 0.15) is 10.4 Å². The van der Waals surface area contributed by atoms with Gasteiger partial charge in [0, 0.05) is 34.4 Å². The van der Waals surface area contributed by atoms with Gasteiger partial charge in [0.25, 0.3) is 0 Å². The van der Waals surface area contributed by atoms with Crippen LogP contribution in [0.2, 0.25) is 0 Å². The van der Waals surface area contributed by atoms with E-state index in [0.717, 1.165) is 21.9 Å². The molecule has 1 heterocycles. The fourth-order valence-corrected chi connectivity index (χ4v) is 4.19. The number of aryl methyl sites for hydroxylation is 1. The van der Waals surface area contributed by atoms with E-state index in [4.69, 9.17) is 4.74 Å². The molecule has 0 fully saturated rings. The Balaban J connectivity index is 1.88. The van der Waals surface area contributed by atoms with E-state index in [2.05, 4.69) is 66.2 Å². The zero-order valence-electron chi connectivity index (χ0n) is 15.8. The van der Waals surface area contributed by atoms with E-state index in [9.17, 15) is 4.79 Å². The summed E-state index contributed by atoms with van der Waals surface area (Å²) in [6, 6.07) is 26.8. The molecule has 28 heavy (non-hydrogen) atoms. The van der Waals surface area contributed by atoms with Crippen LogP contribution in [0, 0.1) is 0 Å². The third-order valence-corrected chi connectivity index (χ3v) is 5.54. The number of fused-ring (bicyclic) bond motifs is 4. The first-order chi connectivity index (χ1) is 13.7. The number of carbonyl (C=O) groups is 1. The third-order valence-electron chi connectivity index (χ3n) is 5.54. The summed E-state index contributed by atoms with van der Waals surface area (Å²) in [4.78, 5) is 12.5. The molecule has 0 aliphatic carbocycles. The Bertz CT molecular complexity index is 1380. The molecule has 0 saturated carbocycles. The summed E-state index contributed by atoms with van der Waals surface area (Å²) in [6.07, 6.45) is 0. The molecule has 0 N–H and O–H groups in total. The molecule has 3 heteroatoms. The fraction of sp³-hybridized carbons (Fsp3) is 0.0800. The maximum Gasteiger partial charge on any atom is 0.338 e. The lowest BCUT2D eigenvalue weighted by Gasteiger charge is -2.13. The minimum atomic E-state index is -0.321. The van der Waals surface area contributed by atoms with Crippen molar-refractivity contribution in [3.8, 4) is 11.1 Å². The topological polar surface area (TPSA) is 31.2 Å². The van der Waals surface area contributed by atoms with Crippen LogP contribution in [-0.4, -0.2) is 17.6 Å². The predicted octanol–water partition coefficient (Wildman–Crippen LogP) is 5.94. The molecule has 0 aliphatic rings. The number of benzene rings is 4. The average molecular weight is 365 g/mol. The molecule has 0 saturated heterocycles. The van der Waals surface area contributed by atoms with Gasteiger partial charge < -0.3 is 9.30 Å². The van der Waals surface area contributed by atoms with Gasteiger partial charge in [-0.2, -0.15) is 0 Å². The highest BCUT2D eigenvalue weighted by molar-refractivity contribution is 6.12. The Labute approximate surface area is 162 Å². The Morgan fingerprint density at radius 3 is 2.32 bits per heavy atom. The van der Waals surface area contributed by atoms with Crippen molar-refractivity contribution in [1.82, 2.24) is 4.57 Å². The number of para-hydroxylation sites is 1. The summed E-state index contributed by atoms with van der Waals surface area (Å²) in [5.74, 6) is -0.321. The van der Waals surface area contributed by atoms with E-state index >= 15 is 0 Å². The van der Waals surface area contributed by atoms with Crippen LogP contribution in [0.5, 0.6) is 0 Å². The van der Waals surface area contributed by atoms with Gasteiger partial charge in [0.2, 0.25) is 0 Å². The largest absolute Gasteiger partial charge is 0.465 e. The quantitative estimate of drug-likeness (QED) is 0.363. The summed E-state index contributed by atoms with van der Waals surface area (Å²) in [5.41, 5.74) is 4.88. The molecule has 0 unspecified atom stereocenters. The van der Waals surface area contributed by atoms with Crippen LogP contribution in [0.25, 0.3) is 43.7 Å². The van der Waals surface area contributed by atoms with Crippen LogP contribution in [0.15, 0.2) is 78.9 Å². The molecule has 5 aromatic rings. The van der Waals surface area contributed by atoms with E-state index in [1.54, 1.807) is 0 Å². The molecule has 5 rings (SSSR count). The number of carbonyl (C=O) groups excluding carboxylic acids is 1. The molecule has 3 nitrogen and oxygen atoms in total. The Kier molecular flexibility index (Phi) is 3.69. The van der Waals surface area contributed by atoms with Crippen LogP contribution in [0.4, 0.5) is 0 Å². The van der Waals surface area contributed by atoms with E-state index in [1.807, 2.05) is 24.3 Å². The molecule has 1 aromatic heterocycles. The number of hydrogen-bond donors (Lipinski definition) is 0. The van der Waals surface area contributed by atoms with Crippen molar-refractivity contribution >= 4 is 38.5 Å². The summed E-state index contributed by atoms with van der Waals surface area (Å²) in [5, 5.41) is 4.54. The standard InChI is InChI=1S/C25H19NO2/c1-26-22-10-6-5-9-19(22)21-15-17(12-14-23(21)26)24-18-8-4-3-7-16(18)11-13-20(24)25(27)28-2/h3-15H,1-2H3. The molecule has 0 spiro atoms. The number of hydrogen-bond acceptors (Lipinski definition) is 2. The van der Waals surface area contributed by atoms with Crippen molar-refractivity contribution in [1.29, 1.82) is 0 Å². The average Bonchev–Trinajstić information content (AvgIpc) is 3.04. The maximum absolute atomic E-state index is 12.5. The second-order valence-corrected chi connectivity index (χ2v) is 7.01. The van der Waals surface area contributed by atoms with Gasteiger partial charge in [0.05, 0.1) is 12.7 Å². The van der Waals surface area contributed by atoms with Crippen LogP contribution >= 0.6 is 0 Å². The lowest BCUT2D eigenvalue weighted by molar-refractivity contribution is 0.0602. The first kappa shape index (κ1) is 16.6. The van der Waals surface area contributed by atoms with Crippen molar-refractivity contribution in [3.63, 3.8) is 0 Å². The van der Waals surface area contributed by atoms with E-state index < -0.39 is 0 Å². The molecule has 136 valence electrons. The highest BCUT2D eigenvalue weighted by atomic mass is 16.5. The molecule has 0 bridgehead atoms. The SMILES string of the molecule is COC(=O)c1ccc2ccccc2c1-c1ccc2c(c1)c1ccccc1n2C. The zero-order valence-corrected chi connectivity index (χ0v) is 15.8. The summed E-state index contributed by atoms with van der Waals surface area (Å²) >= 11 is 0. The normalized spacial score (nSPS) is 11.4. The lowest BCUT2D eigenvalue weighted by Crippen LogP contribution is -2.04. The van der Waals surface area contributed by atoms with Gasteiger partial charge in [0.15, 0.2) is 0 Å². The number of nitrogens with zero attached hydrogens (tertiary/aromatic N) is 1.